The van der Waals surface area contributed by atoms with Crippen molar-refractivity contribution in [2.24, 2.45) is 5.92 Å². The number of benzene rings is 2. The summed E-state index contributed by atoms with van der Waals surface area (Å²) in [6.07, 6.45) is -4.17. The predicted octanol–water partition coefficient (Wildman–Crippen LogP) is 5.24. The molecule has 0 fully saturated rings. The van der Waals surface area contributed by atoms with Crippen LogP contribution in [0.15, 0.2) is 48.5 Å². The normalized spacial score (nSPS) is 26.3. The Morgan fingerprint density at radius 3 is 1.76 bits per heavy atom. The fourth-order valence-electron chi connectivity index (χ4n) is 4.26. The van der Waals surface area contributed by atoms with Crippen molar-refractivity contribution in [3.63, 3.8) is 0 Å². The van der Waals surface area contributed by atoms with Gasteiger partial charge < -0.3 is 0 Å². The van der Waals surface area contributed by atoms with Crippen LogP contribution in [0.5, 0.6) is 0 Å². The summed E-state index contributed by atoms with van der Waals surface area (Å²) < 4.78 is 38.7. The van der Waals surface area contributed by atoms with E-state index in [1.165, 1.54) is 11.1 Å². The van der Waals surface area contributed by atoms with Crippen LogP contribution in [-0.2, 0) is 0 Å². The van der Waals surface area contributed by atoms with Gasteiger partial charge in [0, 0.05) is 18.3 Å². The molecule has 0 heterocycles. The minimum atomic E-state index is -4.09. The lowest BCUT2D eigenvalue weighted by molar-refractivity contribution is -0.147. The molecular weight excluding hydrogens is 273 g/mol. The lowest BCUT2D eigenvalue weighted by atomic mass is 9.58. The molecule has 0 saturated heterocycles. The van der Waals surface area contributed by atoms with Gasteiger partial charge in [-0.05, 0) is 34.6 Å². The molecule has 0 radical (unpaired) electrons. The molecule has 3 heteroatoms. The summed E-state index contributed by atoms with van der Waals surface area (Å²) in [5.41, 5.74) is 4.64. The molecule has 3 aliphatic rings. The Morgan fingerprint density at radius 2 is 1.29 bits per heavy atom. The Kier molecular flexibility index (Phi) is 2.69. The third-order valence-electron chi connectivity index (χ3n) is 4.92. The van der Waals surface area contributed by atoms with E-state index in [2.05, 4.69) is 12.1 Å². The summed E-state index contributed by atoms with van der Waals surface area (Å²) in [6.45, 7) is 0. The molecular formula is C18H15F3. The number of fused-ring (bicyclic) bond motifs is 1. The maximum absolute atomic E-state index is 12.9. The first-order valence-electron chi connectivity index (χ1n) is 7.29. The van der Waals surface area contributed by atoms with E-state index >= 15 is 0 Å². The van der Waals surface area contributed by atoms with Gasteiger partial charge in [-0.1, -0.05) is 48.5 Å². The molecule has 0 aromatic heterocycles. The second-order valence-corrected chi connectivity index (χ2v) is 6.10. The molecule has 0 aliphatic heterocycles. The molecule has 0 saturated carbocycles. The minimum Gasteiger partial charge on any atom is -0.171 e. The molecule has 2 aromatic rings. The summed E-state index contributed by atoms with van der Waals surface area (Å²) in [6, 6.07) is 16.0. The van der Waals surface area contributed by atoms with E-state index in [0.29, 0.717) is 6.42 Å². The Balaban J connectivity index is 1.87. The highest BCUT2D eigenvalue weighted by Gasteiger charge is 2.46. The minimum absolute atomic E-state index is 0.107. The van der Waals surface area contributed by atoms with E-state index in [-0.39, 0.29) is 17.8 Å². The van der Waals surface area contributed by atoms with Crippen LogP contribution in [-0.4, -0.2) is 6.18 Å². The SMILES string of the molecule is FC(F)(F)CC1CC2c3ccccc3C1c1ccccc12. The lowest BCUT2D eigenvalue weighted by Gasteiger charge is -2.45. The van der Waals surface area contributed by atoms with Crippen molar-refractivity contribution in [3.8, 4) is 0 Å². The van der Waals surface area contributed by atoms with Crippen molar-refractivity contribution < 1.29 is 13.2 Å². The molecule has 1 atom stereocenters. The average Bonchev–Trinajstić information content (AvgIpc) is 2.46. The Bertz CT molecular complexity index is 639. The Hall–Kier alpha value is -1.77. The highest BCUT2D eigenvalue weighted by molar-refractivity contribution is 5.55. The van der Waals surface area contributed by atoms with Crippen molar-refractivity contribution >= 4 is 0 Å². The topological polar surface area (TPSA) is 0 Å². The third kappa shape index (κ3) is 1.98. The van der Waals surface area contributed by atoms with Crippen LogP contribution in [0.4, 0.5) is 13.2 Å². The van der Waals surface area contributed by atoms with Gasteiger partial charge in [0.05, 0.1) is 0 Å². The highest BCUT2D eigenvalue weighted by atomic mass is 19.4. The maximum atomic E-state index is 12.9. The number of alkyl halides is 3. The van der Waals surface area contributed by atoms with E-state index < -0.39 is 12.6 Å². The van der Waals surface area contributed by atoms with Gasteiger partial charge in [0.15, 0.2) is 0 Å². The van der Waals surface area contributed by atoms with Crippen molar-refractivity contribution in [2.45, 2.75) is 30.9 Å². The third-order valence-corrected chi connectivity index (χ3v) is 4.92. The van der Waals surface area contributed by atoms with Crippen molar-refractivity contribution in [1.82, 2.24) is 0 Å². The first-order chi connectivity index (χ1) is 10.0. The Morgan fingerprint density at radius 1 is 0.810 bits per heavy atom. The number of halogens is 3. The molecule has 0 amide bonds. The maximum Gasteiger partial charge on any atom is 0.389 e. The van der Waals surface area contributed by atoms with Gasteiger partial charge in [-0.3, -0.25) is 0 Å². The van der Waals surface area contributed by atoms with Gasteiger partial charge in [0.2, 0.25) is 0 Å². The first kappa shape index (κ1) is 12.9. The van der Waals surface area contributed by atoms with E-state index in [1.807, 2.05) is 36.4 Å². The monoisotopic (exact) mass is 288 g/mol. The smallest absolute Gasteiger partial charge is 0.171 e. The van der Waals surface area contributed by atoms with E-state index in [4.69, 9.17) is 0 Å². The van der Waals surface area contributed by atoms with Crippen LogP contribution in [0, 0.1) is 5.92 Å². The largest absolute Gasteiger partial charge is 0.389 e. The molecule has 108 valence electrons. The van der Waals surface area contributed by atoms with Crippen LogP contribution < -0.4 is 0 Å². The molecule has 1 unspecified atom stereocenters. The van der Waals surface area contributed by atoms with E-state index in [1.54, 1.807) is 0 Å². The Labute approximate surface area is 121 Å². The van der Waals surface area contributed by atoms with Gasteiger partial charge >= 0.3 is 6.18 Å². The van der Waals surface area contributed by atoms with Gasteiger partial charge in [0.1, 0.15) is 0 Å². The van der Waals surface area contributed by atoms with Crippen LogP contribution in [0.3, 0.4) is 0 Å². The van der Waals surface area contributed by atoms with E-state index in [9.17, 15) is 13.2 Å². The standard InChI is InChI=1S/C18H15F3/c19-18(20,21)10-11-9-16-12-5-1-3-7-14(12)17(11)15-8-4-2-6-13(15)16/h1-8,11,16-17H,9-10H2. The van der Waals surface area contributed by atoms with Gasteiger partial charge in [-0.15, -0.1) is 0 Å². The number of hydrogen-bond donors (Lipinski definition) is 0. The van der Waals surface area contributed by atoms with Gasteiger partial charge in [-0.25, -0.2) is 0 Å². The fourth-order valence-corrected chi connectivity index (χ4v) is 4.26. The zero-order chi connectivity index (χ0) is 14.6. The molecule has 21 heavy (non-hydrogen) atoms. The molecule has 0 nitrogen and oxygen atoms in total. The van der Waals surface area contributed by atoms with Crippen LogP contribution in [0.25, 0.3) is 0 Å². The summed E-state index contributed by atoms with van der Waals surface area (Å²) in [4.78, 5) is 0. The first-order valence-corrected chi connectivity index (χ1v) is 7.29. The average molecular weight is 288 g/mol. The van der Waals surface area contributed by atoms with Gasteiger partial charge in [-0.2, -0.15) is 13.2 Å². The highest BCUT2D eigenvalue weighted by Crippen LogP contribution is 2.57. The second-order valence-electron chi connectivity index (χ2n) is 6.10. The van der Waals surface area contributed by atoms with E-state index in [0.717, 1.165) is 11.1 Å². The molecule has 3 aliphatic carbocycles. The predicted molar refractivity (Wildman–Crippen MR) is 75.3 cm³/mol. The van der Waals surface area contributed by atoms with Crippen LogP contribution in [0.1, 0.15) is 46.9 Å². The fraction of sp³-hybridized carbons (Fsp3) is 0.333. The zero-order valence-corrected chi connectivity index (χ0v) is 11.4. The van der Waals surface area contributed by atoms with Crippen molar-refractivity contribution in [2.75, 3.05) is 0 Å². The summed E-state index contributed by atoms with van der Waals surface area (Å²) in [7, 11) is 0. The van der Waals surface area contributed by atoms with Crippen LogP contribution >= 0.6 is 0 Å². The number of hydrogen-bond acceptors (Lipinski definition) is 0. The van der Waals surface area contributed by atoms with Crippen molar-refractivity contribution in [3.05, 3.63) is 70.8 Å². The molecule has 0 spiro atoms. The lowest BCUT2D eigenvalue weighted by Crippen LogP contribution is -2.34. The van der Waals surface area contributed by atoms with Crippen LogP contribution in [0.2, 0.25) is 0 Å². The molecule has 2 bridgehead atoms. The quantitative estimate of drug-likeness (QED) is 0.673. The number of rotatable bonds is 1. The summed E-state index contributed by atoms with van der Waals surface area (Å²) in [5.74, 6) is -0.321. The van der Waals surface area contributed by atoms with Crippen molar-refractivity contribution in [1.29, 1.82) is 0 Å². The molecule has 0 N–H and O–H groups in total. The summed E-state index contributed by atoms with van der Waals surface area (Å²) in [5, 5.41) is 0. The van der Waals surface area contributed by atoms with Gasteiger partial charge in [0.25, 0.3) is 0 Å². The zero-order valence-electron chi connectivity index (χ0n) is 11.4. The summed E-state index contributed by atoms with van der Waals surface area (Å²) >= 11 is 0. The molecule has 2 aromatic carbocycles. The second kappa shape index (κ2) is 4.36. The molecule has 5 rings (SSSR count).